The number of oxazole rings is 1. The van der Waals surface area contributed by atoms with Gasteiger partial charge in [-0.1, -0.05) is 17.7 Å². The maximum absolute atomic E-state index is 13.4. The zero-order chi connectivity index (χ0) is 23.6. The molecule has 0 radical (unpaired) electrons. The first-order valence-electron chi connectivity index (χ1n) is 10.4. The Bertz CT molecular complexity index is 1250. The number of aromatic nitrogens is 1. The van der Waals surface area contributed by atoms with Crippen molar-refractivity contribution in [1.29, 1.82) is 0 Å². The molecule has 174 valence electrons. The van der Waals surface area contributed by atoms with Gasteiger partial charge in [-0.05, 0) is 43.3 Å². The Balaban J connectivity index is 1.73. The smallest absolute Gasteiger partial charge is 0.248 e. The molecule has 4 rings (SSSR count). The summed E-state index contributed by atoms with van der Waals surface area (Å²) in [4.78, 5) is 19.8. The summed E-state index contributed by atoms with van der Waals surface area (Å²) in [7, 11) is -2.62. The number of rotatable bonds is 6. The first-order chi connectivity index (χ1) is 15.8. The lowest BCUT2D eigenvalue weighted by atomic mass is 10.1. The second-order valence-corrected chi connectivity index (χ2v) is 9.62. The van der Waals surface area contributed by atoms with Crippen LogP contribution in [0.5, 0.6) is 0 Å². The number of hydrogen-bond acceptors (Lipinski definition) is 7. The number of carbonyl (C=O) groups excluding carboxylic acids is 1. The van der Waals surface area contributed by atoms with Crippen LogP contribution >= 0.6 is 0 Å². The molecule has 0 N–H and O–H groups in total. The molecule has 0 bridgehead atoms. The third-order valence-electron chi connectivity index (χ3n) is 5.41. The molecule has 1 saturated heterocycles. The van der Waals surface area contributed by atoms with Gasteiger partial charge in [0, 0.05) is 38.9 Å². The number of methoxy groups -OCH3 is 1. The number of aryl methyl sites for hydroxylation is 1. The molecule has 1 aromatic heterocycles. The molecule has 1 amide bonds. The van der Waals surface area contributed by atoms with Gasteiger partial charge in [0.2, 0.25) is 32.5 Å². The van der Waals surface area contributed by atoms with Crippen molar-refractivity contribution in [3.05, 3.63) is 59.9 Å². The van der Waals surface area contributed by atoms with Crippen LogP contribution in [0.25, 0.3) is 11.5 Å². The standard InChI is InChI=1S/C23H24FN3O5S/c1-16-4-3-5-17(14-16)21-25-22(33(29,30)19-8-6-18(24)7-9-19)23(32-21)27-12-10-26(11-13-27)20(28)15-31-2/h3-9,14H,10-13,15H2,1-2H3. The minimum Gasteiger partial charge on any atom is -0.419 e. The highest BCUT2D eigenvalue weighted by atomic mass is 32.2. The van der Waals surface area contributed by atoms with Crippen molar-refractivity contribution in [2.24, 2.45) is 0 Å². The number of piperazine rings is 1. The van der Waals surface area contributed by atoms with Gasteiger partial charge in [0.25, 0.3) is 0 Å². The van der Waals surface area contributed by atoms with Crippen LogP contribution in [0.3, 0.4) is 0 Å². The summed E-state index contributed by atoms with van der Waals surface area (Å²) in [6.07, 6.45) is 0. The fourth-order valence-corrected chi connectivity index (χ4v) is 4.99. The Morgan fingerprint density at radius 1 is 1.12 bits per heavy atom. The molecule has 0 spiro atoms. The summed E-state index contributed by atoms with van der Waals surface area (Å²) in [5.74, 6) is -0.386. The van der Waals surface area contributed by atoms with Crippen LogP contribution in [0.15, 0.2) is 62.9 Å². The molecule has 1 aliphatic rings. The Morgan fingerprint density at radius 2 is 1.82 bits per heavy atom. The van der Waals surface area contributed by atoms with Crippen LogP contribution in [-0.4, -0.2) is 64.1 Å². The lowest BCUT2D eigenvalue weighted by Gasteiger charge is -2.34. The third-order valence-corrected chi connectivity index (χ3v) is 7.08. The van der Waals surface area contributed by atoms with E-state index in [0.29, 0.717) is 31.7 Å². The fourth-order valence-electron chi connectivity index (χ4n) is 3.67. The maximum Gasteiger partial charge on any atom is 0.248 e. The van der Waals surface area contributed by atoms with Gasteiger partial charge in [-0.3, -0.25) is 4.79 Å². The highest BCUT2D eigenvalue weighted by Gasteiger charge is 2.33. The van der Waals surface area contributed by atoms with Crippen molar-refractivity contribution in [3.8, 4) is 11.5 Å². The van der Waals surface area contributed by atoms with Gasteiger partial charge in [0.1, 0.15) is 12.4 Å². The van der Waals surface area contributed by atoms with E-state index in [0.717, 1.165) is 17.7 Å². The van der Waals surface area contributed by atoms with Crippen molar-refractivity contribution in [2.45, 2.75) is 16.8 Å². The molecular weight excluding hydrogens is 449 g/mol. The summed E-state index contributed by atoms with van der Waals surface area (Å²) >= 11 is 0. The summed E-state index contributed by atoms with van der Waals surface area (Å²) < 4.78 is 51.2. The Labute approximate surface area is 191 Å². The van der Waals surface area contributed by atoms with E-state index in [1.807, 2.05) is 25.1 Å². The molecule has 3 aromatic rings. The summed E-state index contributed by atoms with van der Waals surface area (Å²) in [5.41, 5.74) is 1.62. The quantitative estimate of drug-likeness (QED) is 0.508. The highest BCUT2D eigenvalue weighted by Crippen LogP contribution is 2.35. The Hall–Kier alpha value is -3.24. The van der Waals surface area contributed by atoms with Crippen molar-refractivity contribution >= 4 is 21.6 Å². The first kappa shape index (κ1) is 22.9. The van der Waals surface area contributed by atoms with Crippen molar-refractivity contribution in [2.75, 3.05) is 44.8 Å². The predicted octanol–water partition coefficient (Wildman–Crippen LogP) is 2.92. The van der Waals surface area contributed by atoms with E-state index in [4.69, 9.17) is 9.15 Å². The summed E-state index contributed by atoms with van der Waals surface area (Å²) in [6, 6.07) is 12.0. The monoisotopic (exact) mass is 473 g/mol. The SMILES string of the molecule is COCC(=O)N1CCN(c2oc(-c3cccc(C)c3)nc2S(=O)(=O)c2ccc(F)cc2)CC1. The van der Waals surface area contributed by atoms with Gasteiger partial charge < -0.3 is 19.0 Å². The minimum absolute atomic E-state index is 0.00991. The van der Waals surface area contributed by atoms with Crippen molar-refractivity contribution < 1.29 is 26.8 Å². The average Bonchev–Trinajstić information content (AvgIpc) is 3.26. The Kier molecular flexibility index (Phi) is 6.48. The molecule has 33 heavy (non-hydrogen) atoms. The highest BCUT2D eigenvalue weighted by molar-refractivity contribution is 7.91. The van der Waals surface area contributed by atoms with Crippen LogP contribution in [0.1, 0.15) is 5.56 Å². The van der Waals surface area contributed by atoms with Gasteiger partial charge in [0.05, 0.1) is 4.90 Å². The largest absolute Gasteiger partial charge is 0.419 e. The number of anilines is 1. The number of benzene rings is 2. The van der Waals surface area contributed by atoms with Crippen molar-refractivity contribution in [1.82, 2.24) is 9.88 Å². The van der Waals surface area contributed by atoms with E-state index in [-0.39, 0.29) is 34.2 Å². The molecule has 0 aliphatic carbocycles. The van der Waals surface area contributed by atoms with E-state index in [2.05, 4.69) is 4.98 Å². The molecular formula is C23H24FN3O5S. The number of carbonyl (C=O) groups is 1. The van der Waals surface area contributed by atoms with Gasteiger partial charge in [-0.25, -0.2) is 12.8 Å². The normalized spacial score (nSPS) is 14.5. The molecule has 10 heteroatoms. The van der Waals surface area contributed by atoms with E-state index in [1.165, 1.54) is 19.2 Å². The summed E-state index contributed by atoms with van der Waals surface area (Å²) in [6.45, 7) is 3.41. The van der Waals surface area contributed by atoms with E-state index in [9.17, 15) is 17.6 Å². The third kappa shape index (κ3) is 4.76. The summed E-state index contributed by atoms with van der Waals surface area (Å²) in [5, 5.41) is -0.234. The zero-order valence-corrected chi connectivity index (χ0v) is 19.1. The Morgan fingerprint density at radius 3 is 2.45 bits per heavy atom. The van der Waals surface area contributed by atoms with Crippen LogP contribution in [0, 0.1) is 12.7 Å². The molecule has 0 saturated carbocycles. The van der Waals surface area contributed by atoms with E-state index in [1.54, 1.807) is 15.9 Å². The van der Waals surface area contributed by atoms with Crippen LogP contribution < -0.4 is 4.90 Å². The van der Waals surface area contributed by atoms with Crippen molar-refractivity contribution in [3.63, 3.8) is 0 Å². The van der Waals surface area contributed by atoms with E-state index < -0.39 is 15.7 Å². The van der Waals surface area contributed by atoms with Gasteiger partial charge in [0.15, 0.2) is 0 Å². The van der Waals surface area contributed by atoms with Gasteiger partial charge in [-0.2, -0.15) is 4.98 Å². The number of sulfone groups is 1. The lowest BCUT2D eigenvalue weighted by molar-refractivity contribution is -0.135. The maximum atomic E-state index is 13.4. The van der Waals surface area contributed by atoms with Crippen LogP contribution in [0.2, 0.25) is 0 Å². The fraction of sp³-hybridized carbons (Fsp3) is 0.304. The molecule has 1 fully saturated rings. The van der Waals surface area contributed by atoms with Gasteiger partial charge in [-0.15, -0.1) is 0 Å². The predicted molar refractivity (Wildman–Crippen MR) is 119 cm³/mol. The number of hydrogen-bond donors (Lipinski definition) is 0. The average molecular weight is 474 g/mol. The molecule has 0 unspecified atom stereocenters. The molecule has 1 aliphatic heterocycles. The van der Waals surface area contributed by atoms with Crippen LogP contribution in [0.4, 0.5) is 10.3 Å². The lowest BCUT2D eigenvalue weighted by Crippen LogP contribution is -2.49. The molecule has 2 heterocycles. The zero-order valence-electron chi connectivity index (χ0n) is 18.3. The molecule has 8 nitrogen and oxygen atoms in total. The topological polar surface area (TPSA) is 92.9 Å². The number of ether oxygens (including phenoxy) is 1. The molecule has 0 atom stereocenters. The molecule has 2 aromatic carbocycles. The second kappa shape index (κ2) is 9.32. The number of nitrogens with zero attached hydrogens (tertiary/aromatic N) is 3. The number of amides is 1. The van der Waals surface area contributed by atoms with Gasteiger partial charge >= 0.3 is 0 Å². The minimum atomic E-state index is -4.09. The number of halogens is 1. The second-order valence-electron chi connectivity index (χ2n) is 7.76. The first-order valence-corrected chi connectivity index (χ1v) is 11.9. The van der Waals surface area contributed by atoms with Crippen LogP contribution in [-0.2, 0) is 19.4 Å². The van der Waals surface area contributed by atoms with E-state index >= 15 is 0 Å².